The lowest BCUT2D eigenvalue weighted by atomic mass is 10.0. The van der Waals surface area contributed by atoms with E-state index in [0.29, 0.717) is 6.04 Å². The third-order valence-corrected chi connectivity index (χ3v) is 4.66. The monoisotopic (exact) mass is 302 g/mol. The summed E-state index contributed by atoms with van der Waals surface area (Å²) in [7, 11) is 0. The van der Waals surface area contributed by atoms with Gasteiger partial charge in [-0.3, -0.25) is 9.88 Å². The summed E-state index contributed by atoms with van der Waals surface area (Å²) in [5.74, 6) is 0. The van der Waals surface area contributed by atoms with E-state index >= 15 is 0 Å². The molecule has 22 heavy (non-hydrogen) atoms. The Balaban J connectivity index is 1.51. The fourth-order valence-electron chi connectivity index (χ4n) is 3.32. The first-order chi connectivity index (χ1) is 10.6. The number of carbonyl (C=O) groups excluding carboxylic acids is 1. The smallest absolute Gasteiger partial charge is 0.319 e. The Morgan fingerprint density at radius 3 is 2.82 bits per heavy atom. The van der Waals surface area contributed by atoms with Gasteiger partial charge in [0.2, 0.25) is 0 Å². The van der Waals surface area contributed by atoms with Crippen molar-refractivity contribution in [3.8, 4) is 0 Å². The second-order valence-corrected chi connectivity index (χ2v) is 6.54. The molecule has 5 heteroatoms. The van der Waals surface area contributed by atoms with Crippen LogP contribution in [0.3, 0.4) is 0 Å². The number of carbonyl (C=O) groups is 1. The zero-order chi connectivity index (χ0) is 15.5. The number of hydrogen-bond acceptors (Lipinski definition) is 3. The summed E-state index contributed by atoms with van der Waals surface area (Å²) < 4.78 is 0. The number of piperidine rings is 1. The highest BCUT2D eigenvalue weighted by Crippen LogP contribution is 2.32. The van der Waals surface area contributed by atoms with E-state index in [1.807, 2.05) is 26.0 Å². The van der Waals surface area contributed by atoms with E-state index in [1.54, 1.807) is 0 Å². The van der Waals surface area contributed by atoms with Crippen LogP contribution < -0.4 is 10.6 Å². The van der Waals surface area contributed by atoms with Crippen LogP contribution in [0.25, 0.3) is 0 Å². The van der Waals surface area contributed by atoms with Gasteiger partial charge < -0.3 is 10.6 Å². The van der Waals surface area contributed by atoms with Gasteiger partial charge in [0.05, 0.1) is 11.4 Å². The molecular formula is C17H26N4O. The molecule has 1 aliphatic heterocycles. The van der Waals surface area contributed by atoms with Crippen molar-refractivity contribution in [3.05, 3.63) is 23.5 Å². The lowest BCUT2D eigenvalue weighted by Crippen LogP contribution is -2.48. The van der Waals surface area contributed by atoms with Crippen molar-refractivity contribution >= 4 is 11.7 Å². The average Bonchev–Trinajstić information content (AvgIpc) is 3.33. The van der Waals surface area contributed by atoms with Gasteiger partial charge in [0.15, 0.2) is 0 Å². The van der Waals surface area contributed by atoms with Crippen LogP contribution in [0.15, 0.2) is 12.1 Å². The van der Waals surface area contributed by atoms with Gasteiger partial charge in [0.25, 0.3) is 0 Å². The summed E-state index contributed by atoms with van der Waals surface area (Å²) in [4.78, 5) is 19.1. The summed E-state index contributed by atoms with van der Waals surface area (Å²) in [5.41, 5.74) is 2.60. The van der Waals surface area contributed by atoms with Crippen molar-refractivity contribution in [2.75, 3.05) is 18.4 Å². The Kier molecular flexibility index (Phi) is 4.62. The molecule has 2 N–H and O–H groups in total. The number of amides is 2. The van der Waals surface area contributed by atoms with E-state index in [-0.39, 0.29) is 6.03 Å². The molecule has 1 aromatic rings. The lowest BCUT2D eigenvalue weighted by Gasteiger charge is -2.36. The van der Waals surface area contributed by atoms with Crippen LogP contribution >= 0.6 is 0 Å². The molecule has 1 aromatic heterocycles. The van der Waals surface area contributed by atoms with Crippen molar-refractivity contribution in [3.63, 3.8) is 0 Å². The van der Waals surface area contributed by atoms with Crippen molar-refractivity contribution < 1.29 is 4.79 Å². The fourth-order valence-corrected chi connectivity index (χ4v) is 3.32. The van der Waals surface area contributed by atoms with Gasteiger partial charge >= 0.3 is 6.03 Å². The number of urea groups is 1. The number of nitrogens with zero attached hydrogens (tertiary/aromatic N) is 2. The minimum atomic E-state index is -0.130. The fraction of sp³-hybridized carbons (Fsp3) is 0.647. The van der Waals surface area contributed by atoms with Gasteiger partial charge in [-0.05, 0) is 58.2 Å². The van der Waals surface area contributed by atoms with Crippen molar-refractivity contribution in [2.24, 2.45) is 0 Å². The molecule has 2 heterocycles. The van der Waals surface area contributed by atoms with Gasteiger partial charge in [-0.15, -0.1) is 0 Å². The van der Waals surface area contributed by atoms with Crippen LogP contribution in [0, 0.1) is 13.8 Å². The standard InChI is InChI=1S/C17H26N4O/c1-12-6-9-16(13(2)19-12)20-17(22)18-11-15-5-3-4-10-21(15)14-7-8-14/h6,9,14-15H,3-5,7-8,10-11H2,1-2H3,(H2,18,20,22). The SMILES string of the molecule is Cc1ccc(NC(=O)NCC2CCCCN2C2CC2)c(C)n1. The molecule has 2 fully saturated rings. The molecule has 120 valence electrons. The average molecular weight is 302 g/mol. The molecule has 1 atom stereocenters. The summed E-state index contributed by atoms with van der Waals surface area (Å²) in [6, 6.07) is 4.98. The molecule has 5 nitrogen and oxygen atoms in total. The highest BCUT2D eigenvalue weighted by molar-refractivity contribution is 5.89. The van der Waals surface area contributed by atoms with E-state index in [2.05, 4.69) is 20.5 Å². The largest absolute Gasteiger partial charge is 0.336 e. The number of nitrogens with one attached hydrogen (secondary N) is 2. The zero-order valence-electron chi connectivity index (χ0n) is 13.6. The summed E-state index contributed by atoms with van der Waals surface area (Å²) in [5, 5.41) is 5.94. The topological polar surface area (TPSA) is 57.3 Å². The molecular weight excluding hydrogens is 276 g/mol. The van der Waals surface area contributed by atoms with E-state index in [4.69, 9.17) is 0 Å². The Hall–Kier alpha value is -1.62. The molecule has 3 rings (SSSR count). The number of aryl methyl sites for hydroxylation is 2. The molecule has 0 bridgehead atoms. The minimum absolute atomic E-state index is 0.130. The molecule has 2 aliphatic rings. The number of pyridine rings is 1. The van der Waals surface area contributed by atoms with Crippen LogP contribution in [0.5, 0.6) is 0 Å². The summed E-state index contributed by atoms with van der Waals surface area (Å²) in [6.07, 6.45) is 6.43. The lowest BCUT2D eigenvalue weighted by molar-refractivity contribution is 0.138. The van der Waals surface area contributed by atoms with Gasteiger partial charge in [-0.25, -0.2) is 4.79 Å². The van der Waals surface area contributed by atoms with E-state index in [9.17, 15) is 4.79 Å². The first kappa shape index (κ1) is 15.3. The Morgan fingerprint density at radius 1 is 1.27 bits per heavy atom. The van der Waals surface area contributed by atoms with Gasteiger partial charge in [0.1, 0.15) is 0 Å². The maximum absolute atomic E-state index is 12.1. The molecule has 1 saturated heterocycles. The first-order valence-corrected chi connectivity index (χ1v) is 8.38. The molecule has 1 saturated carbocycles. The second-order valence-electron chi connectivity index (χ2n) is 6.54. The molecule has 1 aliphatic carbocycles. The van der Waals surface area contributed by atoms with Crippen molar-refractivity contribution in [2.45, 2.75) is 58.0 Å². The maximum atomic E-state index is 12.1. The molecule has 1 unspecified atom stereocenters. The second kappa shape index (κ2) is 6.65. The van der Waals surface area contributed by atoms with E-state index in [1.165, 1.54) is 38.6 Å². The summed E-state index contributed by atoms with van der Waals surface area (Å²) in [6.45, 7) is 5.80. The quantitative estimate of drug-likeness (QED) is 0.899. The van der Waals surface area contributed by atoms with Crippen molar-refractivity contribution in [1.29, 1.82) is 0 Å². The molecule has 2 amide bonds. The zero-order valence-corrected chi connectivity index (χ0v) is 13.6. The van der Waals surface area contributed by atoms with Crippen LogP contribution in [0.1, 0.15) is 43.5 Å². The molecule has 0 radical (unpaired) electrons. The van der Waals surface area contributed by atoms with Crippen LogP contribution in [-0.2, 0) is 0 Å². The number of aromatic nitrogens is 1. The third kappa shape index (κ3) is 3.77. The Morgan fingerprint density at radius 2 is 2.09 bits per heavy atom. The Bertz CT molecular complexity index is 541. The van der Waals surface area contributed by atoms with Crippen LogP contribution in [0.2, 0.25) is 0 Å². The molecule has 0 aromatic carbocycles. The van der Waals surface area contributed by atoms with Crippen molar-refractivity contribution in [1.82, 2.24) is 15.2 Å². The van der Waals surface area contributed by atoms with Gasteiger partial charge in [0, 0.05) is 24.3 Å². The maximum Gasteiger partial charge on any atom is 0.319 e. The number of anilines is 1. The number of likely N-dealkylation sites (tertiary alicyclic amines) is 1. The van der Waals surface area contributed by atoms with E-state index < -0.39 is 0 Å². The normalized spacial score (nSPS) is 22.4. The molecule has 0 spiro atoms. The van der Waals surface area contributed by atoms with Crippen LogP contribution in [0.4, 0.5) is 10.5 Å². The van der Waals surface area contributed by atoms with Gasteiger partial charge in [-0.1, -0.05) is 6.42 Å². The Labute approximate surface area is 132 Å². The summed E-state index contributed by atoms with van der Waals surface area (Å²) >= 11 is 0. The van der Waals surface area contributed by atoms with E-state index in [0.717, 1.165) is 29.7 Å². The predicted octanol–water partition coefficient (Wildman–Crippen LogP) is 2.84. The first-order valence-electron chi connectivity index (χ1n) is 8.38. The number of rotatable bonds is 4. The highest BCUT2D eigenvalue weighted by Gasteiger charge is 2.35. The number of hydrogen-bond donors (Lipinski definition) is 2. The van der Waals surface area contributed by atoms with Crippen LogP contribution in [-0.4, -0.2) is 41.1 Å². The van der Waals surface area contributed by atoms with Gasteiger partial charge in [-0.2, -0.15) is 0 Å². The third-order valence-electron chi connectivity index (χ3n) is 4.66. The highest BCUT2D eigenvalue weighted by atomic mass is 16.2. The minimum Gasteiger partial charge on any atom is -0.336 e. The predicted molar refractivity (Wildman–Crippen MR) is 88.1 cm³/mol.